The number of hydrogen-bond donors (Lipinski definition) is 1. The van der Waals surface area contributed by atoms with Crippen LogP contribution in [0.1, 0.15) is 16.7 Å². The average molecular weight is 310 g/mol. The molecule has 23 heavy (non-hydrogen) atoms. The minimum atomic E-state index is -1.55. The van der Waals surface area contributed by atoms with Gasteiger partial charge in [0.05, 0.1) is 12.7 Å². The number of aromatic nitrogens is 2. The van der Waals surface area contributed by atoms with Crippen molar-refractivity contribution >= 4 is 0 Å². The SMILES string of the molecule is COc1ncncc1C(O)(c1ccccc1)c1ccc(F)cc1. The number of nitrogens with zero attached hydrogens (tertiary/aromatic N) is 2. The minimum absolute atomic E-state index is 0.260. The van der Waals surface area contributed by atoms with Gasteiger partial charge in [-0.3, -0.25) is 0 Å². The number of hydrogen-bond acceptors (Lipinski definition) is 4. The minimum Gasteiger partial charge on any atom is -0.481 e. The lowest BCUT2D eigenvalue weighted by atomic mass is 9.81. The van der Waals surface area contributed by atoms with Crippen LogP contribution < -0.4 is 4.74 Å². The third kappa shape index (κ3) is 2.66. The molecule has 0 aliphatic heterocycles. The molecule has 0 fully saturated rings. The number of ether oxygens (including phenoxy) is 1. The first-order chi connectivity index (χ1) is 11.2. The molecule has 0 aliphatic carbocycles. The molecular formula is C18H15FN2O2. The Morgan fingerprint density at radius 1 is 1.00 bits per heavy atom. The molecule has 1 unspecified atom stereocenters. The Labute approximate surface area is 133 Å². The van der Waals surface area contributed by atoms with Crippen molar-refractivity contribution in [1.82, 2.24) is 9.97 Å². The molecule has 0 spiro atoms. The van der Waals surface area contributed by atoms with E-state index in [0.29, 0.717) is 16.7 Å². The van der Waals surface area contributed by atoms with Gasteiger partial charge in [0.25, 0.3) is 0 Å². The van der Waals surface area contributed by atoms with Crippen molar-refractivity contribution in [3.63, 3.8) is 0 Å². The monoisotopic (exact) mass is 310 g/mol. The van der Waals surface area contributed by atoms with Crippen molar-refractivity contribution in [3.05, 3.63) is 89.6 Å². The highest BCUT2D eigenvalue weighted by molar-refractivity contribution is 5.49. The maximum atomic E-state index is 13.3. The van der Waals surface area contributed by atoms with Crippen LogP contribution in [0.15, 0.2) is 67.1 Å². The molecule has 0 radical (unpaired) electrons. The quantitative estimate of drug-likeness (QED) is 0.805. The average Bonchev–Trinajstić information content (AvgIpc) is 2.62. The van der Waals surface area contributed by atoms with Crippen molar-refractivity contribution in [2.45, 2.75) is 5.60 Å². The molecule has 0 bridgehead atoms. The standard InChI is InChI=1S/C18H15FN2O2/c1-23-17-16(11-20-12-21-17)18(22,13-5-3-2-4-6-13)14-7-9-15(19)10-8-14/h2-12,22H,1H3. The number of halogens is 1. The van der Waals surface area contributed by atoms with Gasteiger partial charge in [0.1, 0.15) is 17.7 Å². The van der Waals surface area contributed by atoms with Gasteiger partial charge in [0.2, 0.25) is 5.88 Å². The summed E-state index contributed by atoms with van der Waals surface area (Å²) in [6.07, 6.45) is 2.85. The van der Waals surface area contributed by atoms with Crippen molar-refractivity contribution < 1.29 is 14.2 Å². The lowest BCUT2D eigenvalue weighted by Gasteiger charge is -2.30. The molecule has 1 heterocycles. The Kier molecular flexibility index (Phi) is 4.04. The Morgan fingerprint density at radius 2 is 1.65 bits per heavy atom. The predicted octanol–water partition coefficient (Wildman–Crippen LogP) is 2.91. The molecule has 5 heteroatoms. The van der Waals surface area contributed by atoms with E-state index in [2.05, 4.69) is 9.97 Å². The zero-order valence-electron chi connectivity index (χ0n) is 12.5. The first-order valence-corrected chi connectivity index (χ1v) is 7.04. The van der Waals surface area contributed by atoms with Crippen molar-refractivity contribution in [1.29, 1.82) is 0 Å². The van der Waals surface area contributed by atoms with Gasteiger partial charge in [0, 0.05) is 6.20 Å². The molecule has 116 valence electrons. The lowest BCUT2D eigenvalue weighted by molar-refractivity contribution is 0.120. The van der Waals surface area contributed by atoms with Gasteiger partial charge in [-0.2, -0.15) is 0 Å². The first-order valence-electron chi connectivity index (χ1n) is 7.04. The highest BCUT2D eigenvalue weighted by Gasteiger charge is 2.37. The van der Waals surface area contributed by atoms with Gasteiger partial charge in [-0.05, 0) is 23.3 Å². The zero-order valence-corrected chi connectivity index (χ0v) is 12.5. The van der Waals surface area contributed by atoms with Crippen LogP contribution >= 0.6 is 0 Å². The summed E-state index contributed by atoms with van der Waals surface area (Å²) in [5.74, 6) is -0.115. The van der Waals surface area contributed by atoms with E-state index < -0.39 is 5.60 Å². The van der Waals surface area contributed by atoms with Crippen LogP contribution in [0, 0.1) is 5.82 Å². The fourth-order valence-corrected chi connectivity index (χ4v) is 2.58. The molecule has 0 saturated carbocycles. The molecule has 4 nitrogen and oxygen atoms in total. The van der Waals surface area contributed by atoms with Crippen LogP contribution in [-0.4, -0.2) is 22.2 Å². The molecule has 1 atom stereocenters. The van der Waals surface area contributed by atoms with Crippen LogP contribution in [0.2, 0.25) is 0 Å². The van der Waals surface area contributed by atoms with E-state index in [1.165, 1.54) is 43.9 Å². The summed E-state index contributed by atoms with van der Waals surface area (Å²) in [5, 5.41) is 11.5. The smallest absolute Gasteiger partial charge is 0.223 e. The predicted molar refractivity (Wildman–Crippen MR) is 83.5 cm³/mol. The third-order valence-corrected chi connectivity index (χ3v) is 3.71. The lowest BCUT2D eigenvalue weighted by Crippen LogP contribution is -2.30. The van der Waals surface area contributed by atoms with E-state index in [9.17, 15) is 9.50 Å². The van der Waals surface area contributed by atoms with Crippen molar-refractivity contribution in [2.75, 3.05) is 7.11 Å². The topological polar surface area (TPSA) is 55.2 Å². The maximum Gasteiger partial charge on any atom is 0.223 e. The Morgan fingerprint density at radius 3 is 2.30 bits per heavy atom. The van der Waals surface area contributed by atoms with Crippen LogP contribution in [0.5, 0.6) is 5.88 Å². The zero-order chi connectivity index (χ0) is 16.3. The Bertz CT molecular complexity index is 794. The molecule has 3 rings (SSSR count). The summed E-state index contributed by atoms with van der Waals surface area (Å²) in [7, 11) is 1.47. The van der Waals surface area contributed by atoms with E-state index in [4.69, 9.17) is 4.74 Å². The molecular weight excluding hydrogens is 295 g/mol. The van der Waals surface area contributed by atoms with Gasteiger partial charge in [-0.15, -0.1) is 0 Å². The van der Waals surface area contributed by atoms with Gasteiger partial charge in [-0.25, -0.2) is 14.4 Å². The van der Waals surface area contributed by atoms with E-state index in [0.717, 1.165) is 0 Å². The summed E-state index contributed by atoms with van der Waals surface area (Å²) in [6.45, 7) is 0. The summed E-state index contributed by atoms with van der Waals surface area (Å²) in [5.41, 5.74) is -0.0557. The second-order valence-electron chi connectivity index (χ2n) is 5.03. The second kappa shape index (κ2) is 6.14. The number of aliphatic hydroxyl groups is 1. The Balaban J connectivity index is 2.28. The summed E-state index contributed by atoms with van der Waals surface area (Å²) >= 11 is 0. The molecule has 1 N–H and O–H groups in total. The van der Waals surface area contributed by atoms with E-state index in [1.54, 1.807) is 12.1 Å². The number of rotatable bonds is 4. The van der Waals surface area contributed by atoms with Gasteiger partial charge < -0.3 is 9.84 Å². The summed E-state index contributed by atoms with van der Waals surface area (Å²) in [4.78, 5) is 8.07. The molecule has 0 saturated heterocycles. The molecule has 0 aliphatic rings. The van der Waals surface area contributed by atoms with Crippen molar-refractivity contribution in [3.8, 4) is 5.88 Å². The normalized spacial score (nSPS) is 13.3. The summed E-state index contributed by atoms with van der Waals surface area (Å²) in [6, 6.07) is 14.8. The van der Waals surface area contributed by atoms with E-state index in [-0.39, 0.29) is 11.7 Å². The van der Waals surface area contributed by atoms with E-state index in [1.807, 2.05) is 18.2 Å². The van der Waals surface area contributed by atoms with Gasteiger partial charge >= 0.3 is 0 Å². The number of methoxy groups -OCH3 is 1. The first kappa shape index (κ1) is 15.1. The fraction of sp³-hybridized carbons (Fsp3) is 0.111. The number of benzene rings is 2. The second-order valence-corrected chi connectivity index (χ2v) is 5.03. The van der Waals surface area contributed by atoms with E-state index >= 15 is 0 Å². The van der Waals surface area contributed by atoms with Crippen LogP contribution in [-0.2, 0) is 5.60 Å². The largest absolute Gasteiger partial charge is 0.481 e. The maximum absolute atomic E-state index is 13.3. The molecule has 1 aromatic heterocycles. The third-order valence-electron chi connectivity index (χ3n) is 3.71. The molecule has 0 amide bonds. The highest BCUT2D eigenvalue weighted by atomic mass is 19.1. The molecule has 3 aromatic rings. The van der Waals surface area contributed by atoms with Crippen LogP contribution in [0.25, 0.3) is 0 Å². The molecule has 2 aromatic carbocycles. The fourth-order valence-electron chi connectivity index (χ4n) is 2.58. The van der Waals surface area contributed by atoms with Crippen molar-refractivity contribution in [2.24, 2.45) is 0 Å². The highest BCUT2D eigenvalue weighted by Crippen LogP contribution is 2.39. The van der Waals surface area contributed by atoms with Crippen LogP contribution in [0.4, 0.5) is 4.39 Å². The Hall–Kier alpha value is -2.79. The van der Waals surface area contributed by atoms with Gasteiger partial charge in [-0.1, -0.05) is 42.5 Å². The van der Waals surface area contributed by atoms with Gasteiger partial charge in [0.15, 0.2) is 0 Å². The summed E-state index contributed by atoms with van der Waals surface area (Å²) < 4.78 is 18.6. The van der Waals surface area contributed by atoms with Crippen LogP contribution in [0.3, 0.4) is 0 Å².